The normalized spacial score (nSPS) is 16.2. The molecule has 1 fully saturated rings. The lowest BCUT2D eigenvalue weighted by atomic mass is 10.0. The Morgan fingerprint density at radius 2 is 1.96 bits per heavy atom. The van der Waals surface area contributed by atoms with Crippen molar-refractivity contribution in [1.29, 1.82) is 0 Å². The van der Waals surface area contributed by atoms with Gasteiger partial charge in [-0.3, -0.25) is 24.2 Å². The highest BCUT2D eigenvalue weighted by Crippen LogP contribution is 2.23. The summed E-state index contributed by atoms with van der Waals surface area (Å²) in [7, 11) is 0. The Kier molecular flexibility index (Phi) is 4.42. The molecule has 0 bridgehead atoms. The lowest BCUT2D eigenvalue weighted by Crippen LogP contribution is -2.39. The lowest BCUT2D eigenvalue weighted by Gasteiger charge is -2.32. The number of fused-ring (bicyclic) bond motifs is 1. The van der Waals surface area contributed by atoms with Crippen LogP contribution in [0, 0.1) is 6.92 Å². The minimum atomic E-state index is -0.308. The molecule has 1 aliphatic heterocycles. The van der Waals surface area contributed by atoms with Crippen molar-refractivity contribution < 1.29 is 0 Å². The molecule has 6 heteroatoms. The third kappa shape index (κ3) is 3.32. The molecular formula is C20H22N4O2. The van der Waals surface area contributed by atoms with Crippen molar-refractivity contribution in [2.75, 3.05) is 13.1 Å². The predicted octanol–water partition coefficient (Wildman–Crippen LogP) is 2.23. The standard InChI is InChI=1S/C20H22N4O2/c1-14-12-24(20(26)22-19(14)25)17-6-8-23(9-7-17)13-15-10-16-4-2-3-5-18(16)21-11-15/h2-5,10-12,17H,6-9,13H2,1H3,(H,22,25,26). The summed E-state index contributed by atoms with van der Waals surface area (Å²) in [5.41, 5.74) is 2.20. The van der Waals surface area contributed by atoms with Gasteiger partial charge in [-0.05, 0) is 37.5 Å². The van der Waals surface area contributed by atoms with Crippen LogP contribution in [-0.4, -0.2) is 32.5 Å². The fourth-order valence-electron chi connectivity index (χ4n) is 3.67. The van der Waals surface area contributed by atoms with Gasteiger partial charge in [-0.25, -0.2) is 4.79 Å². The molecule has 26 heavy (non-hydrogen) atoms. The summed E-state index contributed by atoms with van der Waals surface area (Å²) in [5, 5.41) is 1.16. The first-order valence-electron chi connectivity index (χ1n) is 8.98. The quantitative estimate of drug-likeness (QED) is 0.786. The van der Waals surface area contributed by atoms with Crippen LogP contribution in [0.4, 0.5) is 0 Å². The summed E-state index contributed by atoms with van der Waals surface area (Å²) in [6, 6.07) is 10.5. The molecule has 2 aromatic heterocycles. The summed E-state index contributed by atoms with van der Waals surface area (Å²) in [5.74, 6) is 0. The Labute approximate surface area is 151 Å². The van der Waals surface area contributed by atoms with Crippen LogP contribution in [0.25, 0.3) is 10.9 Å². The second-order valence-electron chi connectivity index (χ2n) is 7.02. The Hall–Kier alpha value is -2.73. The van der Waals surface area contributed by atoms with Crippen molar-refractivity contribution in [3.8, 4) is 0 Å². The Morgan fingerprint density at radius 3 is 2.77 bits per heavy atom. The number of nitrogens with zero attached hydrogens (tertiary/aromatic N) is 3. The van der Waals surface area contributed by atoms with Gasteiger partial charge in [0.25, 0.3) is 5.56 Å². The number of aryl methyl sites for hydroxylation is 1. The molecule has 4 rings (SSSR count). The van der Waals surface area contributed by atoms with E-state index in [1.165, 1.54) is 5.56 Å². The van der Waals surface area contributed by atoms with Crippen LogP contribution in [0.15, 0.2) is 52.3 Å². The van der Waals surface area contributed by atoms with Crippen LogP contribution in [-0.2, 0) is 6.54 Å². The molecule has 3 aromatic rings. The summed E-state index contributed by atoms with van der Waals surface area (Å²) in [6.45, 7) is 4.44. The van der Waals surface area contributed by atoms with Crippen LogP contribution >= 0.6 is 0 Å². The van der Waals surface area contributed by atoms with Crippen molar-refractivity contribution in [2.24, 2.45) is 0 Å². The van der Waals surface area contributed by atoms with E-state index in [1.807, 2.05) is 24.4 Å². The summed E-state index contributed by atoms with van der Waals surface area (Å²) < 4.78 is 1.69. The monoisotopic (exact) mass is 350 g/mol. The highest BCUT2D eigenvalue weighted by Gasteiger charge is 2.22. The molecule has 3 heterocycles. The maximum absolute atomic E-state index is 12.1. The van der Waals surface area contributed by atoms with E-state index in [0.717, 1.165) is 43.4 Å². The van der Waals surface area contributed by atoms with Crippen LogP contribution in [0.3, 0.4) is 0 Å². The summed E-state index contributed by atoms with van der Waals surface area (Å²) >= 11 is 0. The molecule has 0 spiro atoms. The first-order chi connectivity index (χ1) is 12.6. The minimum absolute atomic E-state index is 0.143. The van der Waals surface area contributed by atoms with E-state index in [0.29, 0.717) is 5.56 Å². The van der Waals surface area contributed by atoms with Crippen molar-refractivity contribution >= 4 is 10.9 Å². The number of aromatic amines is 1. The number of rotatable bonds is 3. The molecule has 0 radical (unpaired) electrons. The number of aromatic nitrogens is 3. The van der Waals surface area contributed by atoms with E-state index in [2.05, 4.69) is 27.0 Å². The fraction of sp³-hybridized carbons (Fsp3) is 0.350. The Bertz CT molecular complexity index is 1050. The third-order valence-corrected chi connectivity index (χ3v) is 5.15. The average molecular weight is 350 g/mol. The molecule has 6 nitrogen and oxygen atoms in total. The highest BCUT2D eigenvalue weighted by molar-refractivity contribution is 5.78. The number of piperidine rings is 1. The summed E-state index contributed by atoms with van der Waals surface area (Å²) in [4.78, 5) is 32.9. The maximum atomic E-state index is 12.1. The Balaban J connectivity index is 1.44. The van der Waals surface area contributed by atoms with Crippen molar-refractivity contribution in [3.63, 3.8) is 0 Å². The van der Waals surface area contributed by atoms with Crippen LogP contribution in [0.1, 0.15) is 30.0 Å². The number of para-hydroxylation sites is 1. The van der Waals surface area contributed by atoms with E-state index in [1.54, 1.807) is 17.7 Å². The minimum Gasteiger partial charge on any atom is -0.299 e. The highest BCUT2D eigenvalue weighted by atomic mass is 16.2. The molecule has 1 aromatic carbocycles. The first-order valence-corrected chi connectivity index (χ1v) is 8.98. The van der Waals surface area contributed by atoms with Gasteiger partial charge in [0, 0.05) is 49.0 Å². The van der Waals surface area contributed by atoms with E-state index < -0.39 is 0 Å². The van der Waals surface area contributed by atoms with Gasteiger partial charge >= 0.3 is 5.69 Å². The number of nitrogens with one attached hydrogen (secondary N) is 1. The van der Waals surface area contributed by atoms with Crippen molar-refractivity contribution in [1.82, 2.24) is 19.4 Å². The van der Waals surface area contributed by atoms with Crippen molar-refractivity contribution in [3.05, 3.63) is 74.7 Å². The number of likely N-dealkylation sites (tertiary alicyclic amines) is 1. The van der Waals surface area contributed by atoms with Crippen LogP contribution < -0.4 is 11.2 Å². The van der Waals surface area contributed by atoms with Gasteiger partial charge in [-0.15, -0.1) is 0 Å². The average Bonchev–Trinajstić information content (AvgIpc) is 2.65. The zero-order valence-electron chi connectivity index (χ0n) is 14.8. The SMILES string of the molecule is Cc1cn(C2CCN(Cc3cnc4ccccc4c3)CC2)c(=O)[nH]c1=O. The second-order valence-corrected chi connectivity index (χ2v) is 7.02. The number of benzene rings is 1. The molecule has 0 unspecified atom stereocenters. The first kappa shape index (κ1) is 16.7. The van der Waals surface area contributed by atoms with Crippen molar-refractivity contribution in [2.45, 2.75) is 32.4 Å². The van der Waals surface area contributed by atoms with Gasteiger partial charge in [-0.1, -0.05) is 18.2 Å². The fourth-order valence-corrected chi connectivity index (χ4v) is 3.67. The molecule has 0 saturated carbocycles. The third-order valence-electron chi connectivity index (χ3n) is 5.15. The number of H-pyrrole nitrogens is 1. The molecule has 1 aliphatic rings. The Morgan fingerprint density at radius 1 is 1.19 bits per heavy atom. The molecule has 0 atom stereocenters. The topological polar surface area (TPSA) is 71.0 Å². The van der Waals surface area contributed by atoms with E-state index in [4.69, 9.17) is 0 Å². The molecule has 1 N–H and O–H groups in total. The zero-order valence-corrected chi connectivity index (χ0v) is 14.8. The zero-order chi connectivity index (χ0) is 18.1. The van der Waals surface area contributed by atoms with Gasteiger partial charge in [0.1, 0.15) is 0 Å². The molecular weight excluding hydrogens is 328 g/mol. The van der Waals surface area contributed by atoms with Crippen LogP contribution in [0.2, 0.25) is 0 Å². The van der Waals surface area contributed by atoms with E-state index in [-0.39, 0.29) is 17.3 Å². The lowest BCUT2D eigenvalue weighted by molar-refractivity contribution is 0.177. The van der Waals surface area contributed by atoms with Gasteiger partial charge in [-0.2, -0.15) is 0 Å². The van der Waals surface area contributed by atoms with Gasteiger partial charge in [0.05, 0.1) is 5.52 Å². The van der Waals surface area contributed by atoms with E-state index in [9.17, 15) is 9.59 Å². The van der Waals surface area contributed by atoms with Gasteiger partial charge < -0.3 is 0 Å². The molecule has 134 valence electrons. The number of pyridine rings is 1. The molecule has 1 saturated heterocycles. The molecule has 0 aliphatic carbocycles. The second kappa shape index (κ2) is 6.88. The maximum Gasteiger partial charge on any atom is 0.328 e. The number of hydrogen-bond acceptors (Lipinski definition) is 4. The largest absolute Gasteiger partial charge is 0.328 e. The van der Waals surface area contributed by atoms with Crippen LogP contribution in [0.5, 0.6) is 0 Å². The van der Waals surface area contributed by atoms with Gasteiger partial charge in [0.15, 0.2) is 0 Å². The number of hydrogen-bond donors (Lipinski definition) is 1. The predicted molar refractivity (Wildman–Crippen MR) is 101 cm³/mol. The molecule has 0 amide bonds. The van der Waals surface area contributed by atoms with Gasteiger partial charge in [0.2, 0.25) is 0 Å². The smallest absolute Gasteiger partial charge is 0.299 e. The summed E-state index contributed by atoms with van der Waals surface area (Å²) in [6.07, 6.45) is 5.43. The van der Waals surface area contributed by atoms with E-state index >= 15 is 0 Å².